The number of hydrogen-bond acceptors (Lipinski definition) is 0. The first-order valence-corrected chi connectivity index (χ1v) is 7.33. The van der Waals surface area contributed by atoms with E-state index >= 15 is 0 Å². The number of hydrogen-bond donors (Lipinski definition) is 0. The second kappa shape index (κ2) is 4.80. The monoisotopic (exact) mass is 228 g/mol. The van der Waals surface area contributed by atoms with Crippen molar-refractivity contribution < 1.29 is 0 Å². The van der Waals surface area contributed by atoms with Gasteiger partial charge in [-0.05, 0) is 44.6 Å². The van der Waals surface area contributed by atoms with Crippen LogP contribution in [0.3, 0.4) is 0 Å². The van der Waals surface area contributed by atoms with Crippen LogP contribution in [0.4, 0.5) is 0 Å². The highest BCUT2D eigenvalue weighted by Gasteiger charge is 2.09. The molecule has 0 radical (unpaired) electrons. The van der Waals surface area contributed by atoms with Gasteiger partial charge in [0.15, 0.2) is 0 Å². The van der Waals surface area contributed by atoms with Gasteiger partial charge in [-0.15, -0.1) is 0 Å². The molecule has 0 aliphatic heterocycles. The van der Waals surface area contributed by atoms with Gasteiger partial charge in [-0.25, -0.2) is 0 Å². The first kappa shape index (κ1) is 11.4. The Morgan fingerprint density at radius 2 is 1.56 bits per heavy atom. The van der Waals surface area contributed by atoms with Crippen molar-refractivity contribution in [2.45, 2.75) is 13.8 Å². The Kier molecular flexibility index (Phi) is 3.41. The smallest absolute Gasteiger partial charge is 0.0169 e. The van der Waals surface area contributed by atoms with Crippen LogP contribution in [0.15, 0.2) is 48.5 Å². The zero-order valence-electron chi connectivity index (χ0n) is 10.1. The molecule has 1 unspecified atom stereocenters. The van der Waals surface area contributed by atoms with E-state index in [9.17, 15) is 0 Å². The lowest BCUT2D eigenvalue weighted by Gasteiger charge is -2.16. The molecule has 2 aromatic carbocycles. The second-order valence-corrected chi connectivity index (χ2v) is 6.30. The Morgan fingerprint density at radius 1 is 0.875 bits per heavy atom. The van der Waals surface area contributed by atoms with Gasteiger partial charge in [0.2, 0.25) is 0 Å². The van der Waals surface area contributed by atoms with Crippen LogP contribution in [0.1, 0.15) is 11.1 Å². The quantitative estimate of drug-likeness (QED) is 0.691. The lowest BCUT2D eigenvalue weighted by Crippen LogP contribution is -2.13. The summed E-state index contributed by atoms with van der Waals surface area (Å²) in [6, 6.07) is 17.5. The van der Waals surface area contributed by atoms with Crippen molar-refractivity contribution in [3.63, 3.8) is 0 Å². The van der Waals surface area contributed by atoms with Gasteiger partial charge in [0, 0.05) is 0 Å². The SMILES string of the molecule is Cc1ccc(P(C)c2ccccc2)c(C)c1. The summed E-state index contributed by atoms with van der Waals surface area (Å²) in [5.41, 5.74) is 2.76. The van der Waals surface area contributed by atoms with E-state index in [1.165, 1.54) is 21.7 Å². The van der Waals surface area contributed by atoms with Gasteiger partial charge in [0.05, 0.1) is 0 Å². The van der Waals surface area contributed by atoms with E-state index in [2.05, 4.69) is 69.0 Å². The highest BCUT2D eigenvalue weighted by molar-refractivity contribution is 7.72. The van der Waals surface area contributed by atoms with Crippen molar-refractivity contribution in [2.75, 3.05) is 6.66 Å². The van der Waals surface area contributed by atoms with Crippen LogP contribution in [0, 0.1) is 13.8 Å². The van der Waals surface area contributed by atoms with Crippen molar-refractivity contribution in [3.8, 4) is 0 Å². The molecule has 0 saturated heterocycles. The zero-order valence-corrected chi connectivity index (χ0v) is 11.0. The lowest BCUT2D eigenvalue weighted by atomic mass is 10.2. The maximum absolute atomic E-state index is 2.34. The van der Waals surface area contributed by atoms with Crippen LogP contribution in [-0.4, -0.2) is 6.66 Å². The molecule has 0 fully saturated rings. The molecule has 0 heterocycles. The van der Waals surface area contributed by atoms with Crippen LogP contribution >= 0.6 is 7.92 Å². The fourth-order valence-corrected chi connectivity index (χ4v) is 3.76. The molecule has 0 amide bonds. The standard InChI is InChI=1S/C15H17P/c1-12-9-10-15(13(2)11-12)16(3)14-7-5-4-6-8-14/h4-11H,1-3H3. The summed E-state index contributed by atoms with van der Waals surface area (Å²) in [6.45, 7) is 6.70. The van der Waals surface area contributed by atoms with Crippen LogP contribution in [-0.2, 0) is 0 Å². The molecular weight excluding hydrogens is 211 g/mol. The fraction of sp³-hybridized carbons (Fsp3) is 0.200. The average Bonchev–Trinajstić information content (AvgIpc) is 2.29. The normalized spacial score (nSPS) is 12.4. The summed E-state index contributed by atoms with van der Waals surface area (Å²) in [4.78, 5) is 0. The Morgan fingerprint density at radius 3 is 2.19 bits per heavy atom. The van der Waals surface area contributed by atoms with Crippen LogP contribution < -0.4 is 10.6 Å². The molecule has 0 N–H and O–H groups in total. The molecule has 2 rings (SSSR count). The highest BCUT2D eigenvalue weighted by atomic mass is 31.1. The van der Waals surface area contributed by atoms with E-state index in [0.717, 1.165) is 0 Å². The highest BCUT2D eigenvalue weighted by Crippen LogP contribution is 2.29. The molecule has 2 aromatic rings. The third-order valence-corrected chi connectivity index (χ3v) is 5.15. The predicted molar refractivity (Wildman–Crippen MR) is 74.5 cm³/mol. The predicted octanol–water partition coefficient (Wildman–Crippen LogP) is 3.37. The summed E-state index contributed by atoms with van der Waals surface area (Å²) in [6.07, 6.45) is 0. The van der Waals surface area contributed by atoms with E-state index in [-0.39, 0.29) is 7.92 Å². The maximum Gasteiger partial charge on any atom is -0.0169 e. The minimum absolute atomic E-state index is 0.204. The van der Waals surface area contributed by atoms with E-state index in [1.54, 1.807) is 0 Å². The largest absolute Gasteiger partial charge is 0.0622 e. The lowest BCUT2D eigenvalue weighted by molar-refractivity contribution is 1.41. The third kappa shape index (κ3) is 2.33. The first-order valence-electron chi connectivity index (χ1n) is 5.54. The van der Waals surface area contributed by atoms with Gasteiger partial charge >= 0.3 is 0 Å². The Labute approximate surface area is 99.1 Å². The van der Waals surface area contributed by atoms with E-state index in [0.29, 0.717) is 0 Å². The van der Waals surface area contributed by atoms with Crippen LogP contribution in [0.25, 0.3) is 0 Å². The topological polar surface area (TPSA) is 0 Å². The van der Waals surface area contributed by atoms with E-state index in [4.69, 9.17) is 0 Å². The minimum atomic E-state index is -0.204. The molecule has 0 spiro atoms. The van der Waals surface area contributed by atoms with Gasteiger partial charge in [-0.1, -0.05) is 54.1 Å². The summed E-state index contributed by atoms with van der Waals surface area (Å²) < 4.78 is 0. The van der Waals surface area contributed by atoms with Gasteiger partial charge in [-0.3, -0.25) is 0 Å². The molecule has 16 heavy (non-hydrogen) atoms. The summed E-state index contributed by atoms with van der Waals surface area (Å²) >= 11 is 0. The van der Waals surface area contributed by atoms with Crippen molar-refractivity contribution >= 4 is 18.5 Å². The van der Waals surface area contributed by atoms with Crippen LogP contribution in [0.2, 0.25) is 0 Å². The Balaban J connectivity index is 2.38. The maximum atomic E-state index is 2.34. The molecule has 0 aliphatic rings. The van der Waals surface area contributed by atoms with Crippen molar-refractivity contribution in [1.29, 1.82) is 0 Å². The number of benzene rings is 2. The summed E-state index contributed by atoms with van der Waals surface area (Å²) in [7, 11) is -0.204. The van der Waals surface area contributed by atoms with Crippen molar-refractivity contribution in [1.82, 2.24) is 0 Å². The van der Waals surface area contributed by atoms with E-state index < -0.39 is 0 Å². The van der Waals surface area contributed by atoms with Crippen LogP contribution in [0.5, 0.6) is 0 Å². The van der Waals surface area contributed by atoms with Gasteiger partial charge in [-0.2, -0.15) is 0 Å². The molecule has 0 nitrogen and oxygen atoms in total. The van der Waals surface area contributed by atoms with Gasteiger partial charge in [0.25, 0.3) is 0 Å². The molecule has 0 aliphatic carbocycles. The molecule has 1 atom stereocenters. The van der Waals surface area contributed by atoms with Gasteiger partial charge < -0.3 is 0 Å². The van der Waals surface area contributed by atoms with Crippen molar-refractivity contribution in [2.24, 2.45) is 0 Å². The second-order valence-electron chi connectivity index (χ2n) is 4.18. The third-order valence-electron chi connectivity index (χ3n) is 2.86. The van der Waals surface area contributed by atoms with Gasteiger partial charge in [0.1, 0.15) is 0 Å². The molecule has 0 saturated carbocycles. The Hall–Kier alpha value is -1.13. The number of aryl methyl sites for hydroxylation is 2. The fourth-order valence-electron chi connectivity index (χ4n) is 1.97. The molecule has 82 valence electrons. The molecule has 0 bridgehead atoms. The molecule has 0 aromatic heterocycles. The summed E-state index contributed by atoms with van der Waals surface area (Å²) in [5.74, 6) is 0. The number of rotatable bonds is 2. The Bertz CT molecular complexity index is 474. The summed E-state index contributed by atoms with van der Waals surface area (Å²) in [5, 5.41) is 2.94. The molecular formula is C15H17P. The van der Waals surface area contributed by atoms with E-state index in [1.807, 2.05) is 0 Å². The average molecular weight is 228 g/mol. The van der Waals surface area contributed by atoms with Crippen molar-refractivity contribution in [3.05, 3.63) is 59.7 Å². The minimum Gasteiger partial charge on any atom is -0.0622 e. The zero-order chi connectivity index (χ0) is 11.5. The first-order chi connectivity index (χ1) is 7.68. The molecule has 1 heteroatoms.